The zero-order valence-corrected chi connectivity index (χ0v) is 8.35. The summed E-state index contributed by atoms with van der Waals surface area (Å²) >= 11 is 2.03. The lowest BCUT2D eigenvalue weighted by Gasteiger charge is -2.34. The summed E-state index contributed by atoms with van der Waals surface area (Å²) in [5, 5.41) is 0. The zero-order valence-electron chi connectivity index (χ0n) is 6.19. The van der Waals surface area contributed by atoms with Gasteiger partial charge in [-0.3, -0.25) is 0 Å². The van der Waals surface area contributed by atoms with Gasteiger partial charge >= 0.3 is 0 Å². The Labute approximate surface area is 78.4 Å². The second kappa shape index (κ2) is 3.49. The van der Waals surface area contributed by atoms with Crippen LogP contribution in [0.4, 0.5) is 8.78 Å². The highest BCUT2D eigenvalue weighted by Crippen LogP contribution is 2.31. The summed E-state index contributed by atoms with van der Waals surface area (Å²) < 4.78 is 32.3. The Morgan fingerprint density at radius 1 is 1.64 bits per heavy atom. The maximum atomic E-state index is 12.9. The summed E-state index contributed by atoms with van der Waals surface area (Å²) in [6, 6.07) is 0. The van der Waals surface area contributed by atoms with Crippen LogP contribution >= 0.6 is 22.9 Å². The van der Waals surface area contributed by atoms with Crippen LogP contribution in [0.3, 0.4) is 0 Å². The van der Waals surface area contributed by atoms with Crippen LogP contribution in [0, 0.1) is 0 Å². The van der Waals surface area contributed by atoms with Crippen LogP contribution < -0.4 is 0 Å². The lowest BCUT2D eigenvalue weighted by atomic mass is 10.1. The molecule has 1 heterocycles. The van der Waals surface area contributed by atoms with Crippen LogP contribution in [-0.4, -0.2) is 35.3 Å². The summed E-state index contributed by atoms with van der Waals surface area (Å²) in [5.41, 5.74) is 0. The predicted octanol–water partition coefficient (Wildman–Crippen LogP) is 1.69. The number of alkyl halides is 2. The van der Waals surface area contributed by atoms with Gasteiger partial charge < -0.3 is 4.74 Å². The molecule has 0 aromatic carbocycles. The van der Waals surface area contributed by atoms with Crippen molar-refractivity contribution in [1.29, 1.82) is 0 Å². The molecule has 0 radical (unpaired) electrons. The molecule has 0 N–H and O–H groups in total. The smallest absolute Gasteiger partial charge is 0.276 e. The molecule has 0 aromatic heterocycles. The van der Waals surface area contributed by atoms with Crippen LogP contribution in [-0.2, 0) is 4.74 Å². The van der Waals surface area contributed by atoms with Crippen molar-refractivity contribution < 1.29 is 13.5 Å². The number of halogens is 3. The van der Waals surface area contributed by atoms with E-state index in [0.29, 0.717) is 13.1 Å². The molecule has 0 bridgehead atoms. The van der Waals surface area contributed by atoms with Crippen LogP contribution in [0.5, 0.6) is 0 Å². The monoisotopic (exact) mass is 277 g/mol. The van der Waals surface area contributed by atoms with Crippen LogP contribution in [0.2, 0.25) is 0 Å². The van der Waals surface area contributed by atoms with E-state index in [0.717, 1.165) is 0 Å². The van der Waals surface area contributed by atoms with Crippen molar-refractivity contribution in [3.05, 3.63) is 0 Å². The summed E-state index contributed by atoms with van der Waals surface area (Å²) in [6.07, 6.45) is -1.04. The summed E-state index contributed by atoms with van der Waals surface area (Å²) in [7, 11) is 1.33. The highest BCUT2D eigenvalue weighted by molar-refractivity contribution is 14.1. The third-order valence-corrected chi connectivity index (χ3v) is 2.68. The Kier molecular flexibility index (Phi) is 3.04. The number of methoxy groups -OCH3 is 1. The minimum Gasteiger partial charge on any atom is -0.374 e. The highest BCUT2D eigenvalue weighted by atomic mass is 127. The molecule has 1 saturated heterocycles. The Bertz CT molecular complexity index is 145. The average molecular weight is 277 g/mol. The van der Waals surface area contributed by atoms with Gasteiger partial charge in [0.25, 0.3) is 5.92 Å². The zero-order chi connectivity index (χ0) is 8.48. The first-order chi connectivity index (χ1) is 5.06. The van der Waals surface area contributed by atoms with E-state index in [2.05, 4.69) is 4.74 Å². The SMILES string of the molecule is COC1CN(I)CCC1(F)F. The lowest BCUT2D eigenvalue weighted by molar-refractivity contribution is -0.147. The number of ether oxygens (including phenoxy) is 1. The molecule has 1 fully saturated rings. The maximum absolute atomic E-state index is 12.9. The minimum absolute atomic E-state index is 0.103. The van der Waals surface area contributed by atoms with E-state index in [1.165, 1.54) is 7.11 Å². The van der Waals surface area contributed by atoms with E-state index in [1.807, 2.05) is 26.0 Å². The molecule has 0 amide bonds. The molecule has 5 heteroatoms. The van der Waals surface area contributed by atoms with E-state index in [-0.39, 0.29) is 6.42 Å². The van der Waals surface area contributed by atoms with Gasteiger partial charge in [0, 0.05) is 49.5 Å². The molecule has 0 saturated carbocycles. The van der Waals surface area contributed by atoms with Crippen LogP contribution in [0.1, 0.15) is 6.42 Å². The molecule has 0 spiro atoms. The van der Waals surface area contributed by atoms with Crippen molar-refractivity contribution >= 4 is 22.9 Å². The van der Waals surface area contributed by atoms with E-state index < -0.39 is 12.0 Å². The molecule has 1 rings (SSSR count). The first-order valence-electron chi connectivity index (χ1n) is 3.37. The molecule has 0 aliphatic carbocycles. The van der Waals surface area contributed by atoms with E-state index in [9.17, 15) is 8.78 Å². The van der Waals surface area contributed by atoms with Gasteiger partial charge in [0.2, 0.25) is 0 Å². The minimum atomic E-state index is -2.64. The molecule has 1 unspecified atom stereocenters. The maximum Gasteiger partial charge on any atom is 0.276 e. The van der Waals surface area contributed by atoms with Gasteiger partial charge in [-0.15, -0.1) is 0 Å². The van der Waals surface area contributed by atoms with Crippen molar-refractivity contribution in [3.63, 3.8) is 0 Å². The first kappa shape index (κ1) is 9.60. The van der Waals surface area contributed by atoms with Crippen molar-refractivity contribution in [2.24, 2.45) is 0 Å². The fourth-order valence-electron chi connectivity index (χ4n) is 1.08. The Morgan fingerprint density at radius 2 is 2.27 bits per heavy atom. The van der Waals surface area contributed by atoms with Gasteiger partial charge in [-0.2, -0.15) is 0 Å². The van der Waals surface area contributed by atoms with Gasteiger partial charge in [0.05, 0.1) is 0 Å². The van der Waals surface area contributed by atoms with Gasteiger partial charge in [-0.25, -0.2) is 11.9 Å². The number of hydrogen-bond acceptors (Lipinski definition) is 2. The summed E-state index contributed by atoms with van der Waals surface area (Å²) in [4.78, 5) is 0. The number of rotatable bonds is 1. The predicted molar refractivity (Wildman–Crippen MR) is 46.0 cm³/mol. The molecule has 2 nitrogen and oxygen atoms in total. The molecule has 1 atom stereocenters. The fourth-order valence-corrected chi connectivity index (χ4v) is 1.68. The Balaban J connectivity index is 2.56. The Morgan fingerprint density at radius 3 is 2.73 bits per heavy atom. The fraction of sp³-hybridized carbons (Fsp3) is 1.00. The quantitative estimate of drug-likeness (QED) is 0.534. The Hall–Kier alpha value is 0.510. The molecule has 1 aliphatic rings. The van der Waals surface area contributed by atoms with E-state index in [1.54, 1.807) is 0 Å². The summed E-state index contributed by atoms with van der Waals surface area (Å²) in [5.74, 6) is -2.64. The third-order valence-electron chi connectivity index (χ3n) is 1.81. The molecule has 1 aliphatic heterocycles. The second-order valence-corrected chi connectivity index (χ2v) is 3.97. The largest absolute Gasteiger partial charge is 0.374 e. The van der Waals surface area contributed by atoms with Crippen molar-refractivity contribution in [1.82, 2.24) is 3.11 Å². The number of piperidine rings is 1. The van der Waals surface area contributed by atoms with Crippen molar-refractivity contribution in [2.45, 2.75) is 18.4 Å². The van der Waals surface area contributed by atoms with Gasteiger partial charge in [0.15, 0.2) is 0 Å². The van der Waals surface area contributed by atoms with Gasteiger partial charge in [0.1, 0.15) is 6.10 Å². The second-order valence-electron chi connectivity index (χ2n) is 2.60. The number of hydrogen-bond donors (Lipinski definition) is 0. The lowest BCUT2D eigenvalue weighted by Crippen LogP contribution is -2.48. The normalized spacial score (nSPS) is 32.2. The van der Waals surface area contributed by atoms with Crippen LogP contribution in [0.25, 0.3) is 0 Å². The topological polar surface area (TPSA) is 12.5 Å². The van der Waals surface area contributed by atoms with Crippen molar-refractivity contribution in [3.8, 4) is 0 Å². The summed E-state index contributed by atoms with van der Waals surface area (Å²) in [6.45, 7) is 0.748. The average Bonchev–Trinajstić information content (AvgIpc) is 1.94. The van der Waals surface area contributed by atoms with Gasteiger partial charge in [-0.05, 0) is 0 Å². The van der Waals surface area contributed by atoms with E-state index >= 15 is 0 Å². The van der Waals surface area contributed by atoms with Crippen LogP contribution in [0.15, 0.2) is 0 Å². The molecular formula is C6H10F2INO. The first-order valence-corrected chi connectivity index (χ1v) is 4.34. The molecule has 11 heavy (non-hydrogen) atoms. The van der Waals surface area contributed by atoms with Crippen molar-refractivity contribution in [2.75, 3.05) is 20.2 Å². The standard InChI is InChI=1S/C6H10F2INO/c1-11-5-4-10(9)3-2-6(5,7)8/h5H,2-4H2,1H3. The third kappa shape index (κ3) is 2.22. The van der Waals surface area contributed by atoms with E-state index in [4.69, 9.17) is 0 Å². The highest BCUT2D eigenvalue weighted by Gasteiger charge is 2.43. The number of nitrogens with zero attached hydrogens (tertiary/aromatic N) is 1. The van der Waals surface area contributed by atoms with Gasteiger partial charge in [-0.1, -0.05) is 0 Å². The molecular weight excluding hydrogens is 267 g/mol. The molecule has 0 aromatic rings. The molecule has 66 valence electrons.